The van der Waals surface area contributed by atoms with Crippen molar-refractivity contribution in [3.8, 4) is 16.9 Å². The molecule has 0 saturated heterocycles. The second-order valence-electron chi connectivity index (χ2n) is 12.1. The highest BCUT2D eigenvalue weighted by molar-refractivity contribution is 5.65. The van der Waals surface area contributed by atoms with E-state index in [4.69, 9.17) is 4.74 Å². The minimum Gasteiger partial charge on any atom is -0.490 e. The summed E-state index contributed by atoms with van der Waals surface area (Å²) in [5.74, 6) is -0.363. The summed E-state index contributed by atoms with van der Waals surface area (Å²) in [6.45, 7) is 4.81. The van der Waals surface area contributed by atoms with Crippen LogP contribution >= 0.6 is 0 Å². The van der Waals surface area contributed by atoms with E-state index in [9.17, 15) is 8.78 Å². The van der Waals surface area contributed by atoms with Crippen molar-refractivity contribution in [2.24, 2.45) is 5.92 Å². The van der Waals surface area contributed by atoms with Gasteiger partial charge in [-0.2, -0.15) is 4.39 Å². The first-order valence-electron chi connectivity index (χ1n) is 16.5. The molecule has 0 aliphatic heterocycles. The van der Waals surface area contributed by atoms with Gasteiger partial charge >= 0.3 is 0 Å². The number of unbranched alkanes of at least 4 members (excludes halogenated alkanes) is 5. The molecule has 0 bridgehead atoms. The Balaban J connectivity index is 1.19. The molecule has 3 heteroatoms. The topological polar surface area (TPSA) is 9.23 Å². The van der Waals surface area contributed by atoms with Crippen molar-refractivity contribution in [1.29, 1.82) is 0 Å². The van der Waals surface area contributed by atoms with Gasteiger partial charge in [0.1, 0.15) is 0 Å². The molecule has 0 N–H and O–H groups in total. The van der Waals surface area contributed by atoms with E-state index in [0.29, 0.717) is 24.0 Å². The predicted molar refractivity (Wildman–Crippen MR) is 173 cm³/mol. The third kappa shape index (κ3) is 9.54. The summed E-state index contributed by atoms with van der Waals surface area (Å²) < 4.78 is 34.9. The van der Waals surface area contributed by atoms with Gasteiger partial charge in [0.25, 0.3) is 0 Å². The van der Waals surface area contributed by atoms with Gasteiger partial charge in [-0.05, 0) is 104 Å². The van der Waals surface area contributed by atoms with Crippen molar-refractivity contribution in [3.63, 3.8) is 0 Å². The Kier molecular flexibility index (Phi) is 13.1. The summed E-state index contributed by atoms with van der Waals surface area (Å²) in [5, 5.41) is 0. The van der Waals surface area contributed by atoms with Crippen LogP contribution in [0.3, 0.4) is 0 Å². The molecule has 1 aliphatic carbocycles. The van der Waals surface area contributed by atoms with Gasteiger partial charge in [-0.25, -0.2) is 4.39 Å². The van der Waals surface area contributed by atoms with E-state index in [2.05, 4.69) is 50.3 Å². The average molecular weight is 573 g/mol. The second kappa shape index (κ2) is 17.2. The third-order valence-electron chi connectivity index (χ3n) is 8.87. The Morgan fingerprint density at radius 1 is 0.690 bits per heavy atom. The number of rotatable bonds is 16. The van der Waals surface area contributed by atoms with E-state index in [1.54, 1.807) is 12.1 Å². The Morgan fingerprint density at radius 3 is 2.07 bits per heavy atom. The van der Waals surface area contributed by atoms with Crippen molar-refractivity contribution < 1.29 is 13.5 Å². The number of hydrogen-bond donors (Lipinski definition) is 0. The fourth-order valence-corrected chi connectivity index (χ4v) is 6.15. The van der Waals surface area contributed by atoms with Crippen LogP contribution in [0.5, 0.6) is 5.75 Å². The lowest BCUT2D eigenvalue weighted by molar-refractivity contribution is 0.285. The lowest BCUT2D eigenvalue weighted by atomic mass is 9.78. The summed E-state index contributed by atoms with van der Waals surface area (Å²) in [6, 6.07) is 20.4. The van der Waals surface area contributed by atoms with Gasteiger partial charge in [0.2, 0.25) is 5.82 Å². The smallest absolute Gasteiger partial charge is 0.201 e. The molecule has 1 aliphatic rings. The first-order chi connectivity index (χ1) is 20.6. The molecule has 0 aromatic heterocycles. The average Bonchev–Trinajstić information content (AvgIpc) is 3.02. The van der Waals surface area contributed by atoms with Crippen LogP contribution in [0.4, 0.5) is 8.78 Å². The SMILES string of the molecule is CCCCCCOc1ccc(-c2ccc(CC/C=C/C3CCC(c4ccc(CCCCC)cc4)CC3)cc2)c(F)c1F. The quantitative estimate of drug-likeness (QED) is 0.122. The molecule has 3 aromatic carbocycles. The van der Waals surface area contributed by atoms with Crippen LogP contribution in [0, 0.1) is 17.6 Å². The molecule has 0 heterocycles. The van der Waals surface area contributed by atoms with Crippen molar-refractivity contribution in [2.45, 2.75) is 110 Å². The number of ether oxygens (including phenoxy) is 1. The number of benzene rings is 3. The van der Waals surface area contributed by atoms with E-state index in [1.807, 2.05) is 24.3 Å². The molecule has 1 fully saturated rings. The zero-order chi connectivity index (χ0) is 29.6. The molecule has 0 amide bonds. The lowest BCUT2D eigenvalue weighted by Gasteiger charge is -2.27. The Hall–Kier alpha value is -2.94. The van der Waals surface area contributed by atoms with Gasteiger partial charge in [-0.3, -0.25) is 0 Å². The van der Waals surface area contributed by atoms with E-state index in [0.717, 1.165) is 38.5 Å². The fourth-order valence-electron chi connectivity index (χ4n) is 6.15. The normalized spacial score (nSPS) is 17.1. The van der Waals surface area contributed by atoms with Crippen molar-refractivity contribution in [3.05, 3.63) is 101 Å². The molecular formula is C39H50F2O. The van der Waals surface area contributed by atoms with E-state index in [-0.39, 0.29) is 11.3 Å². The van der Waals surface area contributed by atoms with Crippen molar-refractivity contribution >= 4 is 0 Å². The maximum absolute atomic E-state index is 14.8. The van der Waals surface area contributed by atoms with Gasteiger partial charge in [0.15, 0.2) is 11.6 Å². The summed E-state index contributed by atoms with van der Waals surface area (Å²) >= 11 is 0. The van der Waals surface area contributed by atoms with Gasteiger partial charge in [-0.1, -0.05) is 107 Å². The molecule has 0 spiro atoms. The predicted octanol–water partition coefficient (Wildman–Crippen LogP) is 11.8. The number of halogens is 2. The molecule has 226 valence electrons. The maximum atomic E-state index is 14.8. The van der Waals surface area contributed by atoms with E-state index < -0.39 is 11.6 Å². The molecule has 1 saturated carbocycles. The number of allylic oxidation sites excluding steroid dienone is 2. The highest BCUT2D eigenvalue weighted by Gasteiger charge is 2.21. The lowest BCUT2D eigenvalue weighted by Crippen LogP contribution is -2.11. The van der Waals surface area contributed by atoms with Crippen molar-refractivity contribution in [2.75, 3.05) is 6.61 Å². The van der Waals surface area contributed by atoms with Crippen molar-refractivity contribution in [1.82, 2.24) is 0 Å². The first-order valence-corrected chi connectivity index (χ1v) is 16.5. The van der Waals surface area contributed by atoms with Crippen LogP contribution < -0.4 is 4.74 Å². The first kappa shape index (κ1) is 32.0. The Bertz CT molecular complexity index is 1220. The second-order valence-corrected chi connectivity index (χ2v) is 12.1. The zero-order valence-electron chi connectivity index (χ0n) is 25.9. The molecule has 42 heavy (non-hydrogen) atoms. The summed E-state index contributed by atoms with van der Waals surface area (Å²) in [4.78, 5) is 0. The standard InChI is InChI=1S/C39H50F2O/c1-3-5-7-11-29-42-37-28-27-36(38(40)39(37)41)35-25-19-32(20-26-35)14-10-9-13-31-17-23-34(24-18-31)33-21-15-30(16-22-33)12-8-6-4-2/h9,13,15-16,19-22,25-28,31,34H,3-8,10-12,14,17-18,23-24,29H2,1-2H3/b13-9+. The van der Waals surface area contributed by atoms with Crippen LogP contribution in [-0.4, -0.2) is 6.61 Å². The van der Waals surface area contributed by atoms with Gasteiger partial charge < -0.3 is 4.74 Å². The van der Waals surface area contributed by atoms with Gasteiger partial charge in [-0.15, -0.1) is 0 Å². The molecule has 0 radical (unpaired) electrons. The van der Waals surface area contributed by atoms with Crippen LogP contribution in [0.1, 0.15) is 114 Å². The molecule has 3 aromatic rings. The van der Waals surface area contributed by atoms with Crippen LogP contribution in [0.15, 0.2) is 72.8 Å². The molecule has 0 atom stereocenters. The summed E-state index contributed by atoms with van der Waals surface area (Å²) in [7, 11) is 0. The van der Waals surface area contributed by atoms with E-state index >= 15 is 0 Å². The van der Waals surface area contributed by atoms with Crippen LogP contribution in [0.2, 0.25) is 0 Å². The van der Waals surface area contributed by atoms with Crippen LogP contribution in [0.25, 0.3) is 11.1 Å². The Morgan fingerprint density at radius 2 is 1.36 bits per heavy atom. The monoisotopic (exact) mass is 572 g/mol. The summed E-state index contributed by atoms with van der Waals surface area (Å²) in [6.07, 6.45) is 21.0. The number of aryl methyl sites for hydroxylation is 2. The van der Waals surface area contributed by atoms with Gasteiger partial charge in [0.05, 0.1) is 6.61 Å². The molecule has 1 nitrogen and oxygen atoms in total. The fraction of sp³-hybridized carbons (Fsp3) is 0.487. The highest BCUT2D eigenvalue weighted by Crippen LogP contribution is 2.36. The number of hydrogen-bond acceptors (Lipinski definition) is 1. The molecular weight excluding hydrogens is 522 g/mol. The summed E-state index contributed by atoms with van der Waals surface area (Å²) in [5.41, 5.74) is 5.16. The highest BCUT2D eigenvalue weighted by atomic mass is 19.2. The van der Waals surface area contributed by atoms with E-state index in [1.165, 1.54) is 68.1 Å². The Labute approximate surface area is 253 Å². The largest absolute Gasteiger partial charge is 0.490 e. The minimum absolute atomic E-state index is 0.00327. The molecule has 4 rings (SSSR count). The minimum atomic E-state index is -0.901. The van der Waals surface area contributed by atoms with Crippen LogP contribution in [-0.2, 0) is 12.8 Å². The van der Waals surface area contributed by atoms with Gasteiger partial charge in [0, 0.05) is 5.56 Å². The third-order valence-corrected chi connectivity index (χ3v) is 8.87. The zero-order valence-corrected chi connectivity index (χ0v) is 25.9. The maximum Gasteiger partial charge on any atom is 0.201 e. The molecule has 0 unspecified atom stereocenters.